The number of nitrogens with zero attached hydrogens (tertiary/aromatic N) is 5. The summed E-state index contributed by atoms with van der Waals surface area (Å²) < 4.78 is 8.85. The van der Waals surface area contributed by atoms with Crippen LogP contribution in [-0.4, -0.2) is 30.5 Å². The Labute approximate surface area is 155 Å². The number of rotatable bonds is 4. The van der Waals surface area contributed by atoms with Gasteiger partial charge in [-0.2, -0.15) is 10.2 Å². The number of aromatic nitrogens is 5. The van der Waals surface area contributed by atoms with Gasteiger partial charge in [0.1, 0.15) is 5.69 Å². The molecule has 0 spiro atoms. The van der Waals surface area contributed by atoms with Crippen molar-refractivity contribution in [3.05, 3.63) is 53.7 Å². The van der Waals surface area contributed by atoms with Crippen molar-refractivity contribution in [3.63, 3.8) is 0 Å². The molecule has 1 N–H and O–H groups in total. The minimum absolute atomic E-state index is 0.204. The summed E-state index contributed by atoms with van der Waals surface area (Å²) in [4.78, 5) is 17.7. The number of hydrogen-bond donors (Lipinski definition) is 1. The average Bonchev–Trinajstić information content (AvgIpc) is 3.36. The van der Waals surface area contributed by atoms with Crippen LogP contribution in [0.25, 0.3) is 22.5 Å². The molecular weight excluding hydrogens is 344 g/mol. The quantitative estimate of drug-likeness (QED) is 0.601. The van der Waals surface area contributed by atoms with Gasteiger partial charge in [0.2, 0.25) is 0 Å². The van der Waals surface area contributed by atoms with Crippen molar-refractivity contribution in [2.24, 2.45) is 14.1 Å². The van der Waals surface area contributed by atoms with Gasteiger partial charge in [-0.1, -0.05) is 0 Å². The number of pyridine rings is 1. The van der Waals surface area contributed by atoms with Gasteiger partial charge in [0.25, 0.3) is 5.91 Å². The summed E-state index contributed by atoms with van der Waals surface area (Å²) in [5.74, 6) is 0.395. The van der Waals surface area contributed by atoms with Gasteiger partial charge in [-0.15, -0.1) is 0 Å². The molecule has 1 atom stereocenters. The smallest absolute Gasteiger partial charge is 0.252 e. The molecule has 0 fully saturated rings. The maximum absolute atomic E-state index is 13.1. The molecule has 0 aliphatic heterocycles. The van der Waals surface area contributed by atoms with Crippen molar-refractivity contribution in [1.29, 1.82) is 0 Å². The van der Waals surface area contributed by atoms with Crippen LogP contribution >= 0.6 is 0 Å². The van der Waals surface area contributed by atoms with Gasteiger partial charge in [0.05, 0.1) is 34.6 Å². The Balaban J connectivity index is 1.78. The van der Waals surface area contributed by atoms with E-state index in [-0.39, 0.29) is 11.9 Å². The number of fused-ring (bicyclic) bond motifs is 1. The molecule has 138 valence electrons. The zero-order valence-electron chi connectivity index (χ0n) is 15.6. The van der Waals surface area contributed by atoms with Crippen molar-refractivity contribution in [2.75, 3.05) is 0 Å². The molecule has 4 rings (SSSR count). The van der Waals surface area contributed by atoms with Gasteiger partial charge in [-0.25, -0.2) is 4.98 Å². The van der Waals surface area contributed by atoms with Crippen LogP contribution in [0, 0.1) is 6.92 Å². The first kappa shape index (κ1) is 17.0. The van der Waals surface area contributed by atoms with E-state index in [1.165, 1.54) is 0 Å². The normalized spacial score (nSPS) is 12.4. The third kappa shape index (κ3) is 2.99. The number of carbonyl (C=O) groups is 1. The van der Waals surface area contributed by atoms with Crippen molar-refractivity contribution in [3.8, 4) is 11.5 Å². The van der Waals surface area contributed by atoms with Gasteiger partial charge in [-0.05, 0) is 38.1 Å². The molecule has 27 heavy (non-hydrogen) atoms. The summed E-state index contributed by atoms with van der Waals surface area (Å²) in [6.07, 6.45) is 3.43. The molecule has 1 unspecified atom stereocenters. The van der Waals surface area contributed by atoms with Crippen LogP contribution in [0.15, 0.2) is 41.1 Å². The van der Waals surface area contributed by atoms with Crippen LogP contribution in [-0.2, 0) is 14.1 Å². The van der Waals surface area contributed by atoms with Crippen LogP contribution in [0.3, 0.4) is 0 Å². The molecule has 0 bridgehead atoms. The fourth-order valence-corrected chi connectivity index (χ4v) is 3.19. The Hall–Kier alpha value is -3.42. The van der Waals surface area contributed by atoms with Gasteiger partial charge in [-0.3, -0.25) is 14.2 Å². The van der Waals surface area contributed by atoms with Crippen molar-refractivity contribution in [2.45, 2.75) is 19.9 Å². The molecule has 0 aromatic carbocycles. The largest absolute Gasteiger partial charge is 0.463 e. The van der Waals surface area contributed by atoms with Crippen LogP contribution in [0.5, 0.6) is 0 Å². The SMILES string of the molecule is Cc1nn(C)c2nc(-c3ccco3)cc(C(=O)NC(C)c3ccn(C)n3)c12. The second kappa shape index (κ2) is 6.39. The highest BCUT2D eigenvalue weighted by atomic mass is 16.3. The van der Waals surface area contributed by atoms with E-state index in [0.29, 0.717) is 22.7 Å². The van der Waals surface area contributed by atoms with E-state index < -0.39 is 0 Å². The first-order valence-corrected chi connectivity index (χ1v) is 8.62. The number of aryl methyl sites for hydroxylation is 3. The molecule has 8 heteroatoms. The Morgan fingerprint density at radius 3 is 2.74 bits per heavy atom. The highest BCUT2D eigenvalue weighted by Gasteiger charge is 2.22. The van der Waals surface area contributed by atoms with E-state index in [2.05, 4.69) is 20.5 Å². The molecule has 0 aliphatic rings. The number of carbonyl (C=O) groups excluding carboxylic acids is 1. The Kier molecular flexibility index (Phi) is 4.02. The summed E-state index contributed by atoms with van der Waals surface area (Å²) in [6.45, 7) is 3.78. The topological polar surface area (TPSA) is 90.8 Å². The molecule has 0 saturated carbocycles. The maximum Gasteiger partial charge on any atom is 0.252 e. The Bertz CT molecular complexity index is 1120. The highest BCUT2D eigenvalue weighted by Crippen LogP contribution is 2.27. The number of amides is 1. The van der Waals surface area contributed by atoms with Gasteiger partial charge in [0, 0.05) is 20.3 Å². The summed E-state index contributed by atoms with van der Waals surface area (Å²) in [5, 5.41) is 12.5. The lowest BCUT2D eigenvalue weighted by Crippen LogP contribution is -2.27. The zero-order valence-corrected chi connectivity index (χ0v) is 15.6. The van der Waals surface area contributed by atoms with Crippen LogP contribution < -0.4 is 5.32 Å². The standard InChI is InChI=1S/C19H20N6O2/c1-11(14-7-8-24(3)23-14)20-19(26)13-10-15(16-6-5-9-27-16)21-18-17(13)12(2)22-25(18)4/h5-11H,1-4H3,(H,20,26). The van der Waals surface area contributed by atoms with Crippen LogP contribution in [0.2, 0.25) is 0 Å². The Morgan fingerprint density at radius 2 is 2.07 bits per heavy atom. The van der Waals surface area contributed by atoms with E-state index in [4.69, 9.17) is 4.42 Å². The first-order chi connectivity index (χ1) is 12.9. The van der Waals surface area contributed by atoms with Gasteiger partial charge < -0.3 is 9.73 Å². The lowest BCUT2D eigenvalue weighted by atomic mass is 10.1. The molecule has 0 saturated heterocycles. The molecular formula is C19H20N6O2. The summed E-state index contributed by atoms with van der Waals surface area (Å²) in [7, 11) is 3.66. The first-order valence-electron chi connectivity index (χ1n) is 8.62. The third-order valence-electron chi connectivity index (χ3n) is 4.51. The molecule has 4 heterocycles. The summed E-state index contributed by atoms with van der Waals surface area (Å²) >= 11 is 0. The minimum Gasteiger partial charge on any atom is -0.463 e. The fraction of sp³-hybridized carbons (Fsp3) is 0.263. The molecule has 4 aromatic rings. The summed E-state index contributed by atoms with van der Waals surface area (Å²) in [5.41, 5.74) is 3.29. The predicted octanol–water partition coefficient (Wildman–Crippen LogP) is 2.76. The maximum atomic E-state index is 13.1. The van der Waals surface area contributed by atoms with E-state index in [0.717, 1.165) is 16.8 Å². The van der Waals surface area contributed by atoms with Crippen molar-refractivity contribution >= 4 is 16.9 Å². The van der Waals surface area contributed by atoms with E-state index >= 15 is 0 Å². The van der Waals surface area contributed by atoms with Gasteiger partial charge >= 0.3 is 0 Å². The van der Waals surface area contributed by atoms with E-state index in [9.17, 15) is 4.79 Å². The molecule has 8 nitrogen and oxygen atoms in total. The molecule has 1 amide bonds. The van der Waals surface area contributed by atoms with Crippen LogP contribution in [0.1, 0.15) is 34.7 Å². The number of nitrogens with one attached hydrogen (secondary N) is 1. The third-order valence-corrected chi connectivity index (χ3v) is 4.51. The molecule has 0 aliphatic carbocycles. The average molecular weight is 364 g/mol. The van der Waals surface area contributed by atoms with Gasteiger partial charge in [0.15, 0.2) is 11.4 Å². The lowest BCUT2D eigenvalue weighted by molar-refractivity contribution is 0.0940. The predicted molar refractivity (Wildman–Crippen MR) is 100 cm³/mol. The lowest BCUT2D eigenvalue weighted by Gasteiger charge is -2.13. The second-order valence-corrected chi connectivity index (χ2v) is 6.55. The van der Waals surface area contributed by atoms with Crippen LogP contribution in [0.4, 0.5) is 0 Å². The molecule has 0 radical (unpaired) electrons. The fourth-order valence-electron chi connectivity index (χ4n) is 3.19. The summed E-state index contributed by atoms with van der Waals surface area (Å²) in [6, 6.07) is 7.01. The van der Waals surface area contributed by atoms with E-state index in [1.54, 1.807) is 27.8 Å². The van der Waals surface area contributed by atoms with Crippen molar-refractivity contribution in [1.82, 2.24) is 29.9 Å². The monoisotopic (exact) mass is 364 g/mol. The van der Waals surface area contributed by atoms with E-state index in [1.807, 2.05) is 46.3 Å². The number of furan rings is 1. The highest BCUT2D eigenvalue weighted by molar-refractivity contribution is 6.07. The second-order valence-electron chi connectivity index (χ2n) is 6.55. The minimum atomic E-state index is -0.231. The number of hydrogen-bond acceptors (Lipinski definition) is 5. The zero-order chi connectivity index (χ0) is 19.1. The molecule has 4 aromatic heterocycles. The Morgan fingerprint density at radius 1 is 1.26 bits per heavy atom. The van der Waals surface area contributed by atoms with Crippen molar-refractivity contribution < 1.29 is 9.21 Å².